The zero-order valence-corrected chi connectivity index (χ0v) is 10.9. The highest BCUT2D eigenvalue weighted by Gasteiger charge is 2.38. The molecule has 0 spiro atoms. The van der Waals surface area contributed by atoms with Crippen molar-refractivity contribution in [3.8, 4) is 0 Å². The summed E-state index contributed by atoms with van der Waals surface area (Å²) in [5, 5.41) is 20.2. The first-order chi connectivity index (χ1) is 9.27. The molecule has 0 bridgehead atoms. The van der Waals surface area contributed by atoms with Crippen molar-refractivity contribution in [3.63, 3.8) is 0 Å². The molecule has 0 radical (unpaired) electrons. The first-order valence-electron chi connectivity index (χ1n) is 5.85. The average molecular weight is 280 g/mol. The third kappa shape index (κ3) is 3.55. The highest BCUT2D eigenvalue weighted by atomic mass is 16.4. The second-order valence-electron chi connectivity index (χ2n) is 4.49. The minimum atomic E-state index is -1.67. The van der Waals surface area contributed by atoms with Crippen LogP contribution in [0, 0.1) is 0 Å². The summed E-state index contributed by atoms with van der Waals surface area (Å²) in [6.45, 7) is 1.32. The van der Waals surface area contributed by atoms with Gasteiger partial charge in [-0.2, -0.15) is 0 Å². The molecule has 1 aromatic carbocycles. The number of nitrogens with two attached hydrogens (primary N) is 1. The molecule has 2 atom stereocenters. The molecule has 7 nitrogen and oxygen atoms in total. The second kappa shape index (κ2) is 6.16. The highest BCUT2D eigenvalue weighted by Crippen LogP contribution is 2.21. The number of carboxylic acids is 2. The van der Waals surface area contributed by atoms with Crippen LogP contribution in [-0.4, -0.2) is 34.1 Å². The Labute approximate surface area is 115 Å². The van der Waals surface area contributed by atoms with E-state index in [9.17, 15) is 19.5 Å². The van der Waals surface area contributed by atoms with E-state index in [1.807, 2.05) is 0 Å². The topological polar surface area (TPSA) is 130 Å². The van der Waals surface area contributed by atoms with Crippen LogP contribution < -0.4 is 11.1 Å². The number of hydrogen-bond acceptors (Lipinski definition) is 4. The van der Waals surface area contributed by atoms with Crippen LogP contribution in [0.15, 0.2) is 30.3 Å². The van der Waals surface area contributed by atoms with E-state index in [1.165, 1.54) is 6.92 Å². The molecular weight excluding hydrogens is 264 g/mol. The Balaban J connectivity index is 2.96. The predicted molar refractivity (Wildman–Crippen MR) is 69.8 cm³/mol. The fraction of sp³-hybridized carbons (Fsp3) is 0.308. The summed E-state index contributed by atoms with van der Waals surface area (Å²) in [6, 6.07) is 6.78. The molecule has 0 aromatic heterocycles. The lowest BCUT2D eigenvalue weighted by Crippen LogP contribution is -2.54. The molecule has 1 amide bonds. The third-order valence-corrected chi connectivity index (χ3v) is 2.88. The molecule has 0 aliphatic rings. The van der Waals surface area contributed by atoms with Crippen molar-refractivity contribution < 1.29 is 24.6 Å². The van der Waals surface area contributed by atoms with E-state index in [0.717, 1.165) is 0 Å². The third-order valence-electron chi connectivity index (χ3n) is 2.88. The van der Waals surface area contributed by atoms with Crippen molar-refractivity contribution in [1.29, 1.82) is 0 Å². The van der Waals surface area contributed by atoms with Gasteiger partial charge in [0, 0.05) is 0 Å². The number of rotatable bonds is 6. The number of nitrogens with one attached hydrogen (secondary N) is 1. The summed E-state index contributed by atoms with van der Waals surface area (Å²) in [7, 11) is 0. The molecule has 0 saturated carbocycles. The molecule has 5 N–H and O–H groups in total. The Hall–Kier alpha value is -2.41. The number of amides is 1. The molecule has 1 rings (SSSR count). The maximum atomic E-state index is 11.8. The van der Waals surface area contributed by atoms with E-state index in [2.05, 4.69) is 5.32 Å². The van der Waals surface area contributed by atoms with E-state index >= 15 is 0 Å². The average Bonchev–Trinajstić information content (AvgIpc) is 2.38. The fourth-order valence-corrected chi connectivity index (χ4v) is 1.64. The van der Waals surface area contributed by atoms with Gasteiger partial charge in [-0.05, 0) is 12.5 Å². The molecule has 1 aromatic rings. The largest absolute Gasteiger partial charge is 0.481 e. The maximum Gasteiger partial charge on any atom is 0.333 e. The minimum absolute atomic E-state index is 0.364. The van der Waals surface area contributed by atoms with Crippen LogP contribution in [0.4, 0.5) is 0 Å². The van der Waals surface area contributed by atoms with Gasteiger partial charge >= 0.3 is 11.9 Å². The van der Waals surface area contributed by atoms with Crippen molar-refractivity contribution >= 4 is 17.8 Å². The Bertz CT molecular complexity index is 517. The molecule has 0 aliphatic heterocycles. The summed E-state index contributed by atoms with van der Waals surface area (Å²) in [5.41, 5.74) is 4.11. The fourth-order valence-electron chi connectivity index (χ4n) is 1.64. The number of carbonyl (C=O) groups is 3. The van der Waals surface area contributed by atoms with Crippen LogP contribution in [-0.2, 0) is 19.9 Å². The van der Waals surface area contributed by atoms with Crippen molar-refractivity contribution in [2.45, 2.75) is 24.9 Å². The van der Waals surface area contributed by atoms with Crippen LogP contribution >= 0.6 is 0 Å². The van der Waals surface area contributed by atoms with Gasteiger partial charge < -0.3 is 21.3 Å². The molecule has 0 aliphatic carbocycles. The molecule has 20 heavy (non-hydrogen) atoms. The predicted octanol–water partition coefficient (Wildman–Crippen LogP) is -0.0954. The SMILES string of the molecule is C[C@](NC(=O)[C@@H](N)CC(=O)O)(C(=O)O)c1ccccc1. The Kier molecular flexibility index (Phi) is 4.82. The van der Waals surface area contributed by atoms with Crippen molar-refractivity contribution in [2.75, 3.05) is 0 Å². The summed E-state index contributed by atoms with van der Waals surface area (Å²) in [6.07, 6.45) is -0.573. The van der Waals surface area contributed by atoms with E-state index in [1.54, 1.807) is 30.3 Å². The quantitative estimate of drug-likeness (QED) is 0.576. The van der Waals surface area contributed by atoms with Crippen LogP contribution in [0.2, 0.25) is 0 Å². The van der Waals surface area contributed by atoms with Gasteiger partial charge in [0.25, 0.3) is 0 Å². The highest BCUT2D eigenvalue weighted by molar-refractivity contribution is 5.91. The van der Waals surface area contributed by atoms with E-state index in [4.69, 9.17) is 10.8 Å². The van der Waals surface area contributed by atoms with Gasteiger partial charge in [-0.15, -0.1) is 0 Å². The minimum Gasteiger partial charge on any atom is -0.481 e. The smallest absolute Gasteiger partial charge is 0.333 e. The monoisotopic (exact) mass is 280 g/mol. The Morgan fingerprint density at radius 2 is 1.80 bits per heavy atom. The van der Waals surface area contributed by atoms with Crippen LogP contribution in [0.5, 0.6) is 0 Å². The van der Waals surface area contributed by atoms with Crippen molar-refractivity contribution in [3.05, 3.63) is 35.9 Å². The molecule has 108 valence electrons. The number of hydrogen-bond donors (Lipinski definition) is 4. The first-order valence-corrected chi connectivity index (χ1v) is 5.85. The summed E-state index contributed by atoms with van der Waals surface area (Å²) >= 11 is 0. The lowest BCUT2D eigenvalue weighted by Gasteiger charge is -2.28. The van der Waals surface area contributed by atoms with Gasteiger partial charge in [-0.25, -0.2) is 4.79 Å². The normalized spacial score (nSPS) is 14.9. The summed E-state index contributed by atoms with van der Waals surface area (Å²) in [4.78, 5) is 33.7. The zero-order valence-electron chi connectivity index (χ0n) is 10.9. The second-order valence-corrected chi connectivity index (χ2v) is 4.49. The van der Waals surface area contributed by atoms with Crippen molar-refractivity contribution in [1.82, 2.24) is 5.32 Å². The Morgan fingerprint density at radius 3 is 2.25 bits per heavy atom. The molecule has 0 saturated heterocycles. The number of carboxylic acid groups (broad SMARTS) is 2. The van der Waals surface area contributed by atoms with Crippen molar-refractivity contribution in [2.24, 2.45) is 5.73 Å². The van der Waals surface area contributed by atoms with E-state index in [-0.39, 0.29) is 0 Å². The Morgan fingerprint density at radius 1 is 1.25 bits per heavy atom. The number of carbonyl (C=O) groups excluding carboxylic acids is 1. The molecule has 0 heterocycles. The molecule has 0 fully saturated rings. The van der Waals surface area contributed by atoms with Crippen LogP contribution in [0.1, 0.15) is 18.9 Å². The summed E-state index contributed by atoms with van der Waals surface area (Å²) < 4.78 is 0. The van der Waals surface area contributed by atoms with Crippen LogP contribution in [0.3, 0.4) is 0 Å². The van der Waals surface area contributed by atoms with Gasteiger partial charge in [-0.3, -0.25) is 9.59 Å². The van der Waals surface area contributed by atoms with E-state index < -0.39 is 35.8 Å². The molecule has 0 unspecified atom stereocenters. The van der Waals surface area contributed by atoms with Gasteiger partial charge in [-0.1, -0.05) is 30.3 Å². The number of aliphatic carboxylic acids is 2. The van der Waals surface area contributed by atoms with Gasteiger partial charge in [0.15, 0.2) is 5.54 Å². The standard InChI is InChI=1S/C13H16N2O5/c1-13(12(19)20,8-5-3-2-4-6-8)15-11(18)9(14)7-10(16)17/h2-6,9H,7,14H2,1H3,(H,15,18)(H,16,17)(H,19,20)/t9-,13+/m0/s1. The van der Waals surface area contributed by atoms with Crippen LogP contribution in [0.25, 0.3) is 0 Å². The zero-order chi connectivity index (χ0) is 15.3. The lowest BCUT2D eigenvalue weighted by atomic mass is 9.91. The van der Waals surface area contributed by atoms with Gasteiger partial charge in [0.1, 0.15) is 0 Å². The summed E-state index contributed by atoms with van der Waals surface area (Å²) in [5.74, 6) is -3.33. The first kappa shape index (κ1) is 15.6. The number of benzene rings is 1. The maximum absolute atomic E-state index is 11.8. The molecule has 7 heteroatoms. The molecular formula is C13H16N2O5. The lowest BCUT2D eigenvalue weighted by molar-refractivity contribution is -0.147. The van der Waals surface area contributed by atoms with Gasteiger partial charge in [0.05, 0.1) is 12.5 Å². The van der Waals surface area contributed by atoms with E-state index in [0.29, 0.717) is 5.56 Å². The van der Waals surface area contributed by atoms with Gasteiger partial charge in [0.2, 0.25) is 5.91 Å².